The third-order valence-corrected chi connectivity index (χ3v) is 4.30. The predicted octanol–water partition coefficient (Wildman–Crippen LogP) is 5.80. The maximum Gasteiger partial charge on any atom is 0.460 e. The van der Waals surface area contributed by atoms with E-state index in [0.29, 0.717) is 0 Å². The van der Waals surface area contributed by atoms with Gasteiger partial charge in [0.15, 0.2) is 6.79 Å². The molecule has 0 fully saturated rings. The molecule has 1 aliphatic heterocycles. The Hall–Kier alpha value is -1.18. The van der Waals surface area contributed by atoms with Gasteiger partial charge in [-0.15, -0.1) is 0 Å². The molecule has 1 aromatic rings. The van der Waals surface area contributed by atoms with Crippen LogP contribution in [0.3, 0.4) is 0 Å². The monoisotopic (exact) mass is 506 g/mol. The molecule has 2 nitrogen and oxygen atoms in total. The zero-order chi connectivity index (χ0) is 20.0. The molecular weight excluding hydrogens is 498 g/mol. The summed E-state index contributed by atoms with van der Waals surface area (Å²) in [5.74, 6) is -19.2. The van der Waals surface area contributed by atoms with Gasteiger partial charge in [-0.3, -0.25) is 0 Å². The third kappa shape index (κ3) is 3.49. The molecule has 146 valence electrons. The van der Waals surface area contributed by atoms with Crippen molar-refractivity contribution < 1.29 is 49.0 Å². The van der Waals surface area contributed by atoms with Gasteiger partial charge in [-0.05, 0) is 34.2 Å². The van der Waals surface area contributed by atoms with E-state index in [4.69, 9.17) is 9.47 Å². The van der Waals surface area contributed by atoms with Gasteiger partial charge in [0.2, 0.25) is 0 Å². The van der Waals surface area contributed by atoms with E-state index in [1.165, 1.54) is 18.2 Å². The van der Waals surface area contributed by atoms with Crippen molar-refractivity contribution in [2.24, 2.45) is 0 Å². The van der Waals surface area contributed by atoms with Crippen LogP contribution in [0.25, 0.3) is 3.58 Å². The maximum atomic E-state index is 13.7. The lowest BCUT2D eigenvalue weighted by atomic mass is 10.0. The molecule has 12 heteroatoms. The van der Waals surface area contributed by atoms with Crippen molar-refractivity contribution in [1.29, 1.82) is 0 Å². The molecule has 26 heavy (non-hydrogen) atoms. The first-order valence-electron chi connectivity index (χ1n) is 6.63. The number of rotatable bonds is 4. The Labute approximate surface area is 154 Å². The number of hydrogen-bond acceptors (Lipinski definition) is 2. The quantitative estimate of drug-likeness (QED) is 0.380. The largest absolute Gasteiger partial charge is 0.467 e. The molecule has 0 unspecified atom stereocenters. The number of halogens is 10. The molecule has 0 aliphatic carbocycles. The van der Waals surface area contributed by atoms with E-state index >= 15 is 0 Å². The van der Waals surface area contributed by atoms with Crippen LogP contribution in [0.4, 0.5) is 39.5 Å². The van der Waals surface area contributed by atoms with E-state index in [0.717, 1.165) is 22.6 Å². The molecule has 0 saturated heterocycles. The van der Waals surface area contributed by atoms with Crippen molar-refractivity contribution in [1.82, 2.24) is 0 Å². The Balaban J connectivity index is 2.47. The predicted molar refractivity (Wildman–Crippen MR) is 79.6 cm³/mol. The molecule has 0 aromatic heterocycles. The molecule has 0 radical (unpaired) electrons. The van der Waals surface area contributed by atoms with E-state index in [9.17, 15) is 39.5 Å². The molecule has 0 N–H and O–H groups in total. The van der Waals surface area contributed by atoms with Crippen LogP contribution in [0.1, 0.15) is 11.1 Å². The van der Waals surface area contributed by atoms with Gasteiger partial charge in [-0.2, -0.15) is 39.5 Å². The summed E-state index contributed by atoms with van der Waals surface area (Å²) in [7, 11) is 0. The highest BCUT2D eigenvalue weighted by Crippen LogP contribution is 2.54. The highest BCUT2D eigenvalue weighted by Gasteiger charge is 2.81. The van der Waals surface area contributed by atoms with Crippen LogP contribution < -0.4 is 4.74 Å². The number of fused-ring (bicyclic) bond motifs is 1. The number of alkyl halides is 9. The van der Waals surface area contributed by atoms with Crippen LogP contribution in [-0.4, -0.2) is 30.7 Å². The topological polar surface area (TPSA) is 18.5 Å². The fourth-order valence-corrected chi connectivity index (χ4v) is 2.93. The van der Waals surface area contributed by atoms with Gasteiger partial charge in [-0.1, -0.05) is 12.1 Å². The van der Waals surface area contributed by atoms with Gasteiger partial charge < -0.3 is 9.47 Å². The first kappa shape index (κ1) is 21.1. The molecule has 0 bridgehead atoms. The van der Waals surface area contributed by atoms with Crippen LogP contribution >= 0.6 is 22.6 Å². The maximum absolute atomic E-state index is 13.7. The highest BCUT2D eigenvalue weighted by atomic mass is 127. The molecule has 0 spiro atoms. The molecule has 0 amide bonds. The van der Waals surface area contributed by atoms with Crippen LogP contribution in [0.15, 0.2) is 24.3 Å². The minimum atomic E-state index is -6.93. The van der Waals surface area contributed by atoms with Crippen LogP contribution in [0.2, 0.25) is 0 Å². The van der Waals surface area contributed by atoms with Gasteiger partial charge in [0.25, 0.3) is 0 Å². The van der Waals surface area contributed by atoms with Crippen molar-refractivity contribution in [3.8, 4) is 5.75 Å². The molecule has 2 rings (SSSR count). The van der Waals surface area contributed by atoms with E-state index in [2.05, 4.69) is 0 Å². The fraction of sp³-hybridized carbons (Fsp3) is 0.429. The summed E-state index contributed by atoms with van der Waals surface area (Å²) in [6.45, 7) is -0.296. The van der Waals surface area contributed by atoms with Crippen LogP contribution in [0, 0.1) is 0 Å². The van der Waals surface area contributed by atoms with Crippen LogP contribution in [0.5, 0.6) is 5.75 Å². The number of ether oxygens (including phenoxy) is 2. The summed E-state index contributed by atoms with van der Waals surface area (Å²) >= 11 is 1.14. The Morgan fingerprint density at radius 1 is 0.962 bits per heavy atom. The third-order valence-electron chi connectivity index (χ3n) is 3.41. The minimum absolute atomic E-state index is 0.117. The van der Waals surface area contributed by atoms with Crippen molar-refractivity contribution in [3.05, 3.63) is 35.4 Å². The molecule has 0 atom stereocenters. The van der Waals surface area contributed by atoms with Gasteiger partial charge in [0.05, 0.1) is 6.61 Å². The van der Waals surface area contributed by atoms with Gasteiger partial charge in [0.1, 0.15) is 5.75 Å². The Bertz CT molecular complexity index is 713. The Morgan fingerprint density at radius 2 is 1.58 bits per heavy atom. The average Bonchev–Trinajstić information content (AvgIpc) is 2.52. The van der Waals surface area contributed by atoms with Gasteiger partial charge >= 0.3 is 23.9 Å². The molecule has 0 saturated carbocycles. The van der Waals surface area contributed by atoms with Gasteiger partial charge in [0, 0.05) is 15.2 Å². The summed E-state index contributed by atoms with van der Waals surface area (Å²) in [5, 5.41) is 0. The highest BCUT2D eigenvalue weighted by molar-refractivity contribution is 14.1. The number of benzene rings is 1. The second-order valence-corrected chi connectivity index (χ2v) is 6.32. The summed E-state index contributed by atoms with van der Waals surface area (Å²) in [5.41, 5.74) is 0.0506. The van der Waals surface area contributed by atoms with E-state index in [-0.39, 0.29) is 30.3 Å². The lowest BCUT2D eigenvalue weighted by Crippen LogP contribution is -2.60. The van der Waals surface area contributed by atoms with Crippen LogP contribution in [-0.2, 0) is 11.3 Å². The lowest BCUT2D eigenvalue weighted by molar-refractivity contribution is -0.388. The zero-order valence-electron chi connectivity index (χ0n) is 12.3. The Morgan fingerprint density at radius 3 is 2.15 bits per heavy atom. The standard InChI is InChI=1S/C14H8F9IO2/c15-11(16,12(17,18)13(19,20)14(21,22)23)4-9(24)7-2-1-3-10-8(7)5-25-6-26-10/h1-4H,5-6H2/b9-4+. The van der Waals surface area contributed by atoms with Crippen molar-refractivity contribution >= 4 is 26.2 Å². The zero-order valence-corrected chi connectivity index (χ0v) is 14.5. The molecule has 1 heterocycles. The SMILES string of the molecule is FC(F)(F)C(F)(F)C(F)(F)C(F)(F)/C=C(/I)c1cccc2c1COCO2. The molecule has 1 aliphatic rings. The summed E-state index contributed by atoms with van der Waals surface area (Å²) < 4.78 is 126. The number of hydrogen-bond donors (Lipinski definition) is 0. The lowest BCUT2D eigenvalue weighted by Gasteiger charge is -2.32. The number of allylic oxidation sites excluding steroid dienone is 1. The van der Waals surface area contributed by atoms with E-state index < -0.39 is 33.6 Å². The molecule has 1 aromatic carbocycles. The summed E-state index contributed by atoms with van der Waals surface area (Å²) in [4.78, 5) is 0. The van der Waals surface area contributed by atoms with Crippen molar-refractivity contribution in [2.75, 3.05) is 6.79 Å². The van der Waals surface area contributed by atoms with Crippen molar-refractivity contribution in [3.63, 3.8) is 0 Å². The molecular formula is C14H8F9IO2. The second-order valence-electron chi connectivity index (χ2n) is 5.15. The van der Waals surface area contributed by atoms with Gasteiger partial charge in [-0.25, -0.2) is 0 Å². The smallest absolute Gasteiger partial charge is 0.460 e. The average molecular weight is 506 g/mol. The fourth-order valence-electron chi connectivity index (χ4n) is 2.04. The van der Waals surface area contributed by atoms with E-state index in [1.54, 1.807) is 0 Å². The summed E-state index contributed by atoms with van der Waals surface area (Å²) in [6, 6.07) is 3.92. The normalized spacial score (nSPS) is 16.9. The second kappa shape index (κ2) is 6.77. The van der Waals surface area contributed by atoms with E-state index in [1.807, 2.05) is 0 Å². The Kier molecular flexibility index (Phi) is 5.50. The minimum Gasteiger partial charge on any atom is -0.467 e. The first-order valence-corrected chi connectivity index (χ1v) is 7.71. The summed E-state index contributed by atoms with van der Waals surface area (Å²) in [6.07, 6.45) is -7.48. The van der Waals surface area contributed by atoms with Crippen molar-refractivity contribution in [2.45, 2.75) is 30.6 Å². The first-order chi connectivity index (χ1) is 11.7.